The molecule has 1 heterocycles. The lowest BCUT2D eigenvalue weighted by molar-refractivity contribution is 0.583. The molecular weight excluding hydrogens is 312 g/mol. The molecule has 2 atom stereocenters. The minimum absolute atomic E-state index is 0.131. The monoisotopic (exact) mass is 326 g/mol. The number of sulfonamides is 1. The molecule has 0 aliphatic rings. The van der Waals surface area contributed by atoms with E-state index >= 15 is 0 Å². The Bertz CT molecular complexity index is 564. The van der Waals surface area contributed by atoms with Crippen molar-refractivity contribution in [3.63, 3.8) is 0 Å². The lowest BCUT2D eigenvalue weighted by atomic mass is 10.5. The van der Waals surface area contributed by atoms with Gasteiger partial charge < -0.3 is 5.73 Å². The molecule has 0 amide bonds. The van der Waals surface area contributed by atoms with Gasteiger partial charge in [0.2, 0.25) is 10.0 Å². The van der Waals surface area contributed by atoms with Gasteiger partial charge in [-0.3, -0.25) is 4.21 Å². The first-order valence-electron chi connectivity index (χ1n) is 4.95. The van der Waals surface area contributed by atoms with E-state index in [1.807, 2.05) is 0 Å². The Hall–Kier alpha value is -0.350. The van der Waals surface area contributed by atoms with Gasteiger partial charge in [0.1, 0.15) is 9.20 Å². The zero-order valence-corrected chi connectivity index (χ0v) is 13.1. The second-order valence-electron chi connectivity index (χ2n) is 3.64. The van der Waals surface area contributed by atoms with E-state index in [1.54, 1.807) is 13.0 Å². The van der Waals surface area contributed by atoms with Gasteiger partial charge >= 0.3 is 0 Å². The van der Waals surface area contributed by atoms with Gasteiger partial charge in [0, 0.05) is 28.9 Å². The molecule has 2 unspecified atom stereocenters. The van der Waals surface area contributed by atoms with E-state index in [0.29, 0.717) is 4.88 Å². The van der Waals surface area contributed by atoms with Crippen LogP contribution in [0.3, 0.4) is 0 Å². The predicted molar refractivity (Wildman–Crippen MR) is 78.9 cm³/mol. The molecule has 9 heteroatoms. The molecule has 0 fully saturated rings. The molecule has 0 spiro atoms. The summed E-state index contributed by atoms with van der Waals surface area (Å²) in [5.41, 5.74) is 5.42. The Labute approximate surface area is 118 Å². The van der Waals surface area contributed by atoms with Crippen molar-refractivity contribution < 1.29 is 12.6 Å². The van der Waals surface area contributed by atoms with E-state index in [2.05, 4.69) is 4.72 Å². The van der Waals surface area contributed by atoms with Gasteiger partial charge in [-0.25, -0.2) is 13.1 Å². The highest BCUT2D eigenvalue weighted by molar-refractivity contribution is 7.91. The molecule has 0 aliphatic heterocycles. The maximum absolute atomic E-state index is 11.9. The van der Waals surface area contributed by atoms with Crippen LogP contribution in [-0.2, 0) is 20.8 Å². The lowest BCUT2D eigenvalue weighted by Gasteiger charge is -2.09. The van der Waals surface area contributed by atoms with Crippen LogP contribution in [0.1, 0.15) is 11.8 Å². The van der Waals surface area contributed by atoms with Crippen molar-refractivity contribution in [3.05, 3.63) is 17.0 Å². The third-order valence-corrected chi connectivity index (χ3v) is 6.90. The van der Waals surface area contributed by atoms with Gasteiger partial charge in [-0.2, -0.15) is 0 Å². The van der Waals surface area contributed by atoms with Gasteiger partial charge in [-0.05, 0) is 19.1 Å². The summed E-state index contributed by atoms with van der Waals surface area (Å²) in [6.07, 6.45) is 1.54. The van der Waals surface area contributed by atoms with Crippen LogP contribution < -0.4 is 10.5 Å². The standard InChI is InChI=1S/C9H14N2O3S4/c1-6(17(2)12)5-11-18(13,14)8-4-3-7(16-8)9(10)15/h3-4,6,11H,5H2,1-2H3,(H2,10,15). The second kappa shape index (κ2) is 6.20. The number of nitrogens with one attached hydrogen (secondary N) is 1. The van der Waals surface area contributed by atoms with Crippen LogP contribution in [0.25, 0.3) is 0 Å². The SMILES string of the molecule is CC(CNS(=O)(=O)c1ccc(C(N)=S)s1)S(C)=O. The van der Waals surface area contributed by atoms with Crippen LogP contribution >= 0.6 is 23.6 Å². The van der Waals surface area contributed by atoms with Crippen LogP contribution in [0.2, 0.25) is 0 Å². The van der Waals surface area contributed by atoms with Crippen LogP contribution in [0.4, 0.5) is 0 Å². The number of hydrogen-bond acceptors (Lipinski definition) is 5. The summed E-state index contributed by atoms with van der Waals surface area (Å²) in [5.74, 6) is 0. The molecule has 0 saturated heterocycles. The van der Waals surface area contributed by atoms with Crippen molar-refractivity contribution in [3.8, 4) is 0 Å². The van der Waals surface area contributed by atoms with Gasteiger partial charge in [-0.1, -0.05) is 12.2 Å². The molecule has 5 nitrogen and oxygen atoms in total. The molecule has 102 valence electrons. The third kappa shape index (κ3) is 4.09. The topological polar surface area (TPSA) is 89.3 Å². The fraction of sp³-hybridized carbons (Fsp3) is 0.444. The van der Waals surface area contributed by atoms with Crippen molar-refractivity contribution in [1.29, 1.82) is 0 Å². The maximum Gasteiger partial charge on any atom is 0.250 e. The fourth-order valence-electron chi connectivity index (χ4n) is 1.01. The summed E-state index contributed by atoms with van der Waals surface area (Å²) < 4.78 is 37.5. The minimum Gasteiger partial charge on any atom is -0.389 e. The van der Waals surface area contributed by atoms with Crippen molar-refractivity contribution in [2.75, 3.05) is 12.8 Å². The van der Waals surface area contributed by atoms with Crippen molar-refractivity contribution >= 4 is 49.4 Å². The predicted octanol–water partition coefficient (Wildman–Crippen LogP) is 0.428. The lowest BCUT2D eigenvalue weighted by Crippen LogP contribution is -2.32. The highest BCUT2D eigenvalue weighted by atomic mass is 32.2. The summed E-state index contributed by atoms with van der Waals surface area (Å²) in [6.45, 7) is 1.85. The average Bonchev–Trinajstić information content (AvgIpc) is 2.75. The zero-order valence-electron chi connectivity index (χ0n) is 9.87. The Morgan fingerprint density at radius 3 is 2.67 bits per heavy atom. The molecule has 1 aromatic heterocycles. The smallest absolute Gasteiger partial charge is 0.250 e. The molecule has 3 N–H and O–H groups in total. The number of rotatable bonds is 6. The average molecular weight is 326 g/mol. The largest absolute Gasteiger partial charge is 0.389 e. The fourth-order valence-corrected chi connectivity index (χ4v) is 3.96. The molecule has 0 saturated carbocycles. The van der Waals surface area contributed by atoms with Crippen LogP contribution in [-0.4, -0.2) is 35.7 Å². The van der Waals surface area contributed by atoms with E-state index in [1.165, 1.54) is 12.3 Å². The quantitative estimate of drug-likeness (QED) is 0.740. The van der Waals surface area contributed by atoms with E-state index < -0.39 is 20.8 Å². The van der Waals surface area contributed by atoms with Crippen LogP contribution in [0.5, 0.6) is 0 Å². The van der Waals surface area contributed by atoms with Gasteiger partial charge in [0.25, 0.3) is 0 Å². The maximum atomic E-state index is 11.9. The van der Waals surface area contributed by atoms with Crippen molar-refractivity contribution in [2.45, 2.75) is 16.4 Å². The second-order valence-corrected chi connectivity index (χ2v) is 8.96. The molecule has 18 heavy (non-hydrogen) atoms. The van der Waals surface area contributed by atoms with Crippen LogP contribution in [0.15, 0.2) is 16.3 Å². The van der Waals surface area contributed by atoms with E-state index in [-0.39, 0.29) is 21.0 Å². The van der Waals surface area contributed by atoms with Gasteiger partial charge in [0.15, 0.2) is 0 Å². The molecule has 0 radical (unpaired) electrons. The molecule has 1 rings (SSSR count). The first-order chi connectivity index (χ1) is 8.24. The zero-order chi connectivity index (χ0) is 13.9. The summed E-state index contributed by atoms with van der Waals surface area (Å²) in [6, 6.07) is 3.03. The molecular formula is C9H14N2O3S4. The summed E-state index contributed by atoms with van der Waals surface area (Å²) in [4.78, 5) is 0.724. The molecule has 0 aliphatic carbocycles. The first-order valence-corrected chi connectivity index (χ1v) is 9.28. The Balaban J connectivity index is 2.80. The summed E-state index contributed by atoms with van der Waals surface area (Å²) >= 11 is 5.79. The molecule has 1 aromatic rings. The number of thiophene rings is 1. The summed E-state index contributed by atoms with van der Waals surface area (Å²) in [7, 11) is -4.65. The van der Waals surface area contributed by atoms with Gasteiger partial charge in [0.05, 0.1) is 4.88 Å². The van der Waals surface area contributed by atoms with Gasteiger partial charge in [-0.15, -0.1) is 11.3 Å². The van der Waals surface area contributed by atoms with Crippen molar-refractivity contribution in [2.24, 2.45) is 5.73 Å². The number of thiocarbonyl (C=S) groups is 1. The first kappa shape index (κ1) is 15.7. The van der Waals surface area contributed by atoms with Crippen LogP contribution in [0, 0.1) is 0 Å². The van der Waals surface area contributed by atoms with Crippen molar-refractivity contribution in [1.82, 2.24) is 4.72 Å². The Morgan fingerprint density at radius 2 is 2.22 bits per heavy atom. The highest BCUT2D eigenvalue weighted by Crippen LogP contribution is 2.21. The van der Waals surface area contributed by atoms with E-state index in [0.717, 1.165) is 11.3 Å². The number of nitrogens with two attached hydrogens (primary N) is 1. The summed E-state index contributed by atoms with van der Waals surface area (Å²) in [5, 5.41) is -0.241. The molecule has 0 aromatic carbocycles. The Morgan fingerprint density at radius 1 is 1.61 bits per heavy atom. The highest BCUT2D eigenvalue weighted by Gasteiger charge is 2.19. The Kier molecular flexibility index (Phi) is 5.41. The van der Waals surface area contributed by atoms with E-state index in [9.17, 15) is 12.6 Å². The molecule has 0 bridgehead atoms. The van der Waals surface area contributed by atoms with E-state index in [4.69, 9.17) is 18.0 Å². The normalized spacial score (nSPS) is 15.2. The third-order valence-electron chi connectivity index (χ3n) is 2.22. The minimum atomic E-state index is -3.58. The number of hydrogen-bond donors (Lipinski definition) is 2.